The maximum absolute atomic E-state index is 11.9. The highest BCUT2D eigenvalue weighted by atomic mass is 16.2. The van der Waals surface area contributed by atoms with Crippen molar-refractivity contribution in [2.45, 2.75) is 26.2 Å². The molecule has 0 bridgehead atoms. The van der Waals surface area contributed by atoms with Gasteiger partial charge in [-0.1, -0.05) is 0 Å². The highest BCUT2D eigenvalue weighted by Crippen LogP contribution is 2.26. The lowest BCUT2D eigenvalue weighted by Gasteiger charge is -2.29. The summed E-state index contributed by atoms with van der Waals surface area (Å²) in [5.74, 6) is -0.473. The van der Waals surface area contributed by atoms with E-state index in [9.17, 15) is 9.59 Å². The molecule has 0 spiro atoms. The number of benzene rings is 1. The summed E-state index contributed by atoms with van der Waals surface area (Å²) in [7, 11) is 0. The zero-order chi connectivity index (χ0) is 14.1. The Hall–Kier alpha value is -2.10. The molecule has 2 amide bonds. The Morgan fingerprint density at radius 3 is 2.05 bits per heavy atom. The Morgan fingerprint density at radius 1 is 0.900 bits per heavy atom. The molecule has 20 heavy (non-hydrogen) atoms. The topological polar surface area (TPSA) is 40.6 Å². The van der Waals surface area contributed by atoms with E-state index >= 15 is 0 Å². The number of nitrogens with zero attached hydrogens (tertiary/aromatic N) is 2. The highest BCUT2D eigenvalue weighted by Gasteiger charge is 2.29. The van der Waals surface area contributed by atoms with Crippen molar-refractivity contribution < 1.29 is 9.59 Å². The van der Waals surface area contributed by atoms with Crippen LogP contribution in [-0.4, -0.2) is 24.9 Å². The fraction of sp³-hybridized carbons (Fsp3) is 0.375. The zero-order valence-corrected chi connectivity index (χ0v) is 11.6. The molecule has 1 aromatic carbocycles. The smallest absolute Gasteiger partial charge is 0.261 e. The van der Waals surface area contributed by atoms with E-state index in [0.29, 0.717) is 11.3 Å². The van der Waals surface area contributed by atoms with Gasteiger partial charge >= 0.3 is 0 Å². The van der Waals surface area contributed by atoms with Gasteiger partial charge in [-0.25, -0.2) is 4.90 Å². The fourth-order valence-corrected chi connectivity index (χ4v) is 2.80. The molecule has 0 atom stereocenters. The van der Waals surface area contributed by atoms with Gasteiger partial charge in [0, 0.05) is 30.4 Å². The molecular formula is C16H18N2O2. The lowest BCUT2D eigenvalue weighted by atomic mass is 10.1. The van der Waals surface area contributed by atoms with Crippen LogP contribution in [0.5, 0.6) is 0 Å². The Balaban J connectivity index is 1.80. The van der Waals surface area contributed by atoms with Crippen molar-refractivity contribution in [2.24, 2.45) is 0 Å². The molecule has 0 aliphatic carbocycles. The lowest BCUT2D eigenvalue weighted by molar-refractivity contribution is -0.120. The van der Waals surface area contributed by atoms with Gasteiger partial charge in [0.05, 0.1) is 5.69 Å². The molecule has 0 saturated carbocycles. The molecule has 0 radical (unpaired) electrons. The van der Waals surface area contributed by atoms with Gasteiger partial charge in [-0.3, -0.25) is 9.59 Å². The SMILES string of the molecule is CC1=CC(=O)N(c2ccc(N3CCCCC3)cc2)C1=O. The summed E-state index contributed by atoms with van der Waals surface area (Å²) >= 11 is 0. The number of hydrogen-bond acceptors (Lipinski definition) is 3. The van der Waals surface area contributed by atoms with E-state index in [1.807, 2.05) is 24.3 Å². The summed E-state index contributed by atoms with van der Waals surface area (Å²) in [6.45, 7) is 3.84. The number of carbonyl (C=O) groups excluding carboxylic acids is 2. The molecule has 2 aliphatic rings. The van der Waals surface area contributed by atoms with Gasteiger partial charge in [0.2, 0.25) is 0 Å². The Morgan fingerprint density at radius 2 is 1.50 bits per heavy atom. The van der Waals surface area contributed by atoms with Crippen LogP contribution in [0.1, 0.15) is 26.2 Å². The minimum Gasteiger partial charge on any atom is -0.372 e. The van der Waals surface area contributed by atoms with Crippen molar-refractivity contribution in [1.29, 1.82) is 0 Å². The number of carbonyl (C=O) groups is 2. The van der Waals surface area contributed by atoms with Crippen LogP contribution in [-0.2, 0) is 9.59 Å². The zero-order valence-electron chi connectivity index (χ0n) is 11.6. The van der Waals surface area contributed by atoms with E-state index in [4.69, 9.17) is 0 Å². The number of imide groups is 1. The molecule has 1 saturated heterocycles. The summed E-state index contributed by atoms with van der Waals surface area (Å²) in [6.07, 6.45) is 5.15. The quantitative estimate of drug-likeness (QED) is 0.775. The summed E-state index contributed by atoms with van der Waals surface area (Å²) in [5.41, 5.74) is 2.31. The maximum atomic E-state index is 11.9. The largest absolute Gasteiger partial charge is 0.372 e. The van der Waals surface area contributed by atoms with Gasteiger partial charge in [-0.05, 0) is 50.5 Å². The summed E-state index contributed by atoms with van der Waals surface area (Å²) in [5, 5.41) is 0. The number of amides is 2. The molecule has 2 aliphatic heterocycles. The molecule has 0 unspecified atom stereocenters. The van der Waals surface area contributed by atoms with Crippen molar-refractivity contribution in [2.75, 3.05) is 22.9 Å². The highest BCUT2D eigenvalue weighted by molar-refractivity contribution is 6.30. The first-order valence-electron chi connectivity index (χ1n) is 7.08. The van der Waals surface area contributed by atoms with Crippen LogP contribution in [0.3, 0.4) is 0 Å². The van der Waals surface area contributed by atoms with Crippen LogP contribution in [0, 0.1) is 0 Å². The van der Waals surface area contributed by atoms with E-state index in [1.165, 1.54) is 30.2 Å². The average Bonchev–Trinajstić information content (AvgIpc) is 2.73. The van der Waals surface area contributed by atoms with E-state index in [2.05, 4.69) is 4.90 Å². The minimum atomic E-state index is -0.252. The minimum absolute atomic E-state index is 0.222. The van der Waals surface area contributed by atoms with Crippen LogP contribution < -0.4 is 9.80 Å². The van der Waals surface area contributed by atoms with E-state index in [0.717, 1.165) is 18.8 Å². The molecule has 1 aromatic rings. The van der Waals surface area contributed by atoms with Gasteiger partial charge in [-0.15, -0.1) is 0 Å². The van der Waals surface area contributed by atoms with E-state index in [1.54, 1.807) is 6.92 Å². The molecule has 4 heteroatoms. The third-order valence-corrected chi connectivity index (χ3v) is 3.93. The van der Waals surface area contributed by atoms with Gasteiger partial charge in [0.1, 0.15) is 0 Å². The van der Waals surface area contributed by atoms with Crippen LogP contribution in [0.25, 0.3) is 0 Å². The first-order valence-corrected chi connectivity index (χ1v) is 7.08. The fourth-order valence-electron chi connectivity index (χ4n) is 2.80. The van der Waals surface area contributed by atoms with Crippen LogP contribution >= 0.6 is 0 Å². The number of piperidine rings is 1. The molecule has 2 heterocycles. The third-order valence-electron chi connectivity index (χ3n) is 3.93. The predicted octanol–water partition coefficient (Wildman–Crippen LogP) is 2.50. The molecule has 0 N–H and O–H groups in total. The standard InChI is InChI=1S/C16H18N2O2/c1-12-11-15(19)18(16(12)20)14-7-5-13(6-8-14)17-9-3-2-4-10-17/h5-8,11H,2-4,9-10H2,1H3. The molecule has 0 aromatic heterocycles. The second-order valence-corrected chi connectivity index (χ2v) is 5.37. The van der Waals surface area contributed by atoms with Crippen molar-refractivity contribution in [1.82, 2.24) is 0 Å². The van der Waals surface area contributed by atoms with Gasteiger partial charge in [0.15, 0.2) is 0 Å². The lowest BCUT2D eigenvalue weighted by Crippen LogP contribution is -2.31. The normalized spacial score (nSPS) is 19.6. The summed E-state index contributed by atoms with van der Waals surface area (Å²) < 4.78 is 0. The van der Waals surface area contributed by atoms with Crippen molar-refractivity contribution in [3.8, 4) is 0 Å². The van der Waals surface area contributed by atoms with Gasteiger partial charge < -0.3 is 4.90 Å². The second kappa shape index (κ2) is 5.12. The van der Waals surface area contributed by atoms with E-state index < -0.39 is 0 Å². The summed E-state index contributed by atoms with van der Waals surface area (Å²) in [6, 6.07) is 7.70. The third kappa shape index (κ3) is 2.22. The number of rotatable bonds is 2. The monoisotopic (exact) mass is 270 g/mol. The Labute approximate surface area is 118 Å². The van der Waals surface area contributed by atoms with Crippen LogP contribution in [0.15, 0.2) is 35.9 Å². The predicted molar refractivity (Wildman–Crippen MR) is 78.8 cm³/mol. The van der Waals surface area contributed by atoms with Crippen molar-refractivity contribution in [3.05, 3.63) is 35.9 Å². The van der Waals surface area contributed by atoms with Gasteiger partial charge in [-0.2, -0.15) is 0 Å². The molecular weight excluding hydrogens is 252 g/mol. The first kappa shape index (κ1) is 12.9. The van der Waals surface area contributed by atoms with Gasteiger partial charge in [0.25, 0.3) is 11.8 Å². The molecule has 4 nitrogen and oxygen atoms in total. The average molecular weight is 270 g/mol. The van der Waals surface area contributed by atoms with E-state index in [-0.39, 0.29) is 11.8 Å². The van der Waals surface area contributed by atoms with Crippen molar-refractivity contribution in [3.63, 3.8) is 0 Å². The number of hydrogen-bond donors (Lipinski definition) is 0. The van der Waals surface area contributed by atoms with Crippen LogP contribution in [0.2, 0.25) is 0 Å². The maximum Gasteiger partial charge on any atom is 0.261 e. The Bertz CT molecular complexity index is 569. The summed E-state index contributed by atoms with van der Waals surface area (Å²) in [4.78, 5) is 27.3. The second-order valence-electron chi connectivity index (χ2n) is 5.37. The van der Waals surface area contributed by atoms with Crippen molar-refractivity contribution >= 4 is 23.2 Å². The first-order chi connectivity index (χ1) is 9.66. The molecule has 3 rings (SSSR count). The number of anilines is 2. The molecule has 104 valence electrons. The Kier molecular flexibility index (Phi) is 3.30. The van der Waals surface area contributed by atoms with Crippen LogP contribution in [0.4, 0.5) is 11.4 Å². The molecule has 1 fully saturated rings.